The van der Waals surface area contributed by atoms with Gasteiger partial charge >= 0.3 is 0 Å². The minimum Gasteiger partial charge on any atom is -0.324 e. The zero-order valence-corrected chi connectivity index (χ0v) is 11.3. The highest BCUT2D eigenvalue weighted by Gasteiger charge is 2.24. The van der Waals surface area contributed by atoms with E-state index in [0.29, 0.717) is 0 Å². The molecule has 0 aliphatic carbocycles. The summed E-state index contributed by atoms with van der Waals surface area (Å²) in [6, 6.07) is 6.86. The molecule has 0 amide bonds. The number of hydrogen-bond donors (Lipinski definition) is 1. The van der Waals surface area contributed by atoms with Crippen molar-refractivity contribution < 1.29 is 0 Å². The Morgan fingerprint density at radius 3 is 2.19 bits per heavy atom. The topological polar surface area (TPSA) is 26.0 Å². The number of hydrogen-bond acceptors (Lipinski definition) is 1. The van der Waals surface area contributed by atoms with Gasteiger partial charge in [0.15, 0.2) is 0 Å². The van der Waals surface area contributed by atoms with Crippen LogP contribution in [-0.4, -0.2) is 0 Å². The van der Waals surface area contributed by atoms with Crippen LogP contribution in [0, 0.1) is 5.41 Å². The second-order valence-corrected chi connectivity index (χ2v) is 5.58. The Labute approximate surface area is 100 Å². The van der Waals surface area contributed by atoms with Crippen LogP contribution < -0.4 is 5.73 Å². The molecule has 2 N–H and O–H groups in total. The Morgan fingerprint density at radius 1 is 1.12 bits per heavy atom. The molecule has 1 rings (SSSR count). The van der Waals surface area contributed by atoms with E-state index < -0.39 is 0 Å². The van der Waals surface area contributed by atoms with Crippen molar-refractivity contribution in [2.75, 3.05) is 0 Å². The minimum absolute atomic E-state index is 0.119. The standard InChI is InChI=1S/C15H25N/c1-6-11-8-9-12(7-2)13(10-11)14(16)15(3,4)5/h8-10,14H,6-7,16H2,1-5H3. The van der Waals surface area contributed by atoms with Crippen LogP contribution in [0.3, 0.4) is 0 Å². The highest BCUT2D eigenvalue weighted by atomic mass is 14.7. The Hall–Kier alpha value is -0.820. The first-order valence-corrected chi connectivity index (χ1v) is 6.27. The smallest absolute Gasteiger partial charge is 0.0346 e. The first-order valence-electron chi connectivity index (χ1n) is 6.27. The van der Waals surface area contributed by atoms with Crippen molar-refractivity contribution in [3.63, 3.8) is 0 Å². The molecular formula is C15H25N. The van der Waals surface area contributed by atoms with E-state index in [9.17, 15) is 0 Å². The molecule has 90 valence electrons. The summed E-state index contributed by atoms with van der Waals surface area (Å²) in [5.41, 5.74) is 10.6. The average Bonchev–Trinajstić information content (AvgIpc) is 2.25. The van der Waals surface area contributed by atoms with Crippen LogP contribution >= 0.6 is 0 Å². The van der Waals surface area contributed by atoms with Crippen molar-refractivity contribution in [3.05, 3.63) is 34.9 Å². The number of benzene rings is 1. The summed E-state index contributed by atoms with van der Waals surface area (Å²) >= 11 is 0. The molecule has 1 aromatic carbocycles. The minimum atomic E-state index is 0.119. The van der Waals surface area contributed by atoms with Crippen LogP contribution in [0.2, 0.25) is 0 Å². The molecule has 0 spiro atoms. The van der Waals surface area contributed by atoms with Gasteiger partial charge in [0.2, 0.25) is 0 Å². The van der Waals surface area contributed by atoms with E-state index in [2.05, 4.69) is 52.8 Å². The number of rotatable bonds is 3. The molecule has 0 saturated carbocycles. The molecule has 1 atom stereocenters. The van der Waals surface area contributed by atoms with Gasteiger partial charge in [-0.25, -0.2) is 0 Å². The SMILES string of the molecule is CCc1ccc(CC)c(C(N)C(C)(C)C)c1. The fourth-order valence-corrected chi connectivity index (χ4v) is 1.94. The lowest BCUT2D eigenvalue weighted by Crippen LogP contribution is -2.27. The molecule has 1 aromatic rings. The highest BCUT2D eigenvalue weighted by Crippen LogP contribution is 2.33. The third kappa shape index (κ3) is 2.85. The van der Waals surface area contributed by atoms with Crippen LogP contribution in [-0.2, 0) is 12.8 Å². The fourth-order valence-electron chi connectivity index (χ4n) is 1.94. The van der Waals surface area contributed by atoms with Crippen LogP contribution in [0.4, 0.5) is 0 Å². The van der Waals surface area contributed by atoms with Crippen LogP contribution in [0.15, 0.2) is 18.2 Å². The number of nitrogens with two attached hydrogens (primary N) is 1. The predicted molar refractivity (Wildman–Crippen MR) is 71.6 cm³/mol. The summed E-state index contributed by atoms with van der Waals surface area (Å²) in [6.07, 6.45) is 2.14. The Balaban J connectivity index is 3.18. The summed E-state index contributed by atoms with van der Waals surface area (Å²) in [6.45, 7) is 11.0. The van der Waals surface area contributed by atoms with E-state index >= 15 is 0 Å². The van der Waals surface area contributed by atoms with Gasteiger partial charge in [0.1, 0.15) is 0 Å². The molecule has 0 fully saturated rings. The molecular weight excluding hydrogens is 194 g/mol. The quantitative estimate of drug-likeness (QED) is 0.821. The van der Waals surface area contributed by atoms with Crippen molar-refractivity contribution in [2.24, 2.45) is 11.1 Å². The van der Waals surface area contributed by atoms with Crippen LogP contribution in [0.5, 0.6) is 0 Å². The maximum Gasteiger partial charge on any atom is 0.0346 e. The van der Waals surface area contributed by atoms with E-state index in [1.165, 1.54) is 16.7 Å². The normalized spacial score (nSPS) is 13.9. The summed E-state index contributed by atoms with van der Waals surface area (Å²) < 4.78 is 0. The van der Waals surface area contributed by atoms with E-state index in [-0.39, 0.29) is 11.5 Å². The summed E-state index contributed by atoms with van der Waals surface area (Å²) in [7, 11) is 0. The molecule has 1 unspecified atom stereocenters. The first-order chi connectivity index (χ1) is 7.40. The highest BCUT2D eigenvalue weighted by molar-refractivity contribution is 5.35. The lowest BCUT2D eigenvalue weighted by molar-refractivity contribution is 0.325. The lowest BCUT2D eigenvalue weighted by Gasteiger charge is -2.29. The summed E-state index contributed by atoms with van der Waals surface area (Å²) in [4.78, 5) is 0. The van der Waals surface area contributed by atoms with Crippen LogP contribution in [0.1, 0.15) is 57.4 Å². The van der Waals surface area contributed by atoms with Gasteiger partial charge in [-0.05, 0) is 34.9 Å². The molecule has 0 radical (unpaired) electrons. The average molecular weight is 219 g/mol. The maximum absolute atomic E-state index is 6.37. The molecule has 0 aromatic heterocycles. The van der Waals surface area contributed by atoms with Crippen molar-refractivity contribution in [3.8, 4) is 0 Å². The predicted octanol–water partition coefficient (Wildman–Crippen LogP) is 3.86. The van der Waals surface area contributed by atoms with Gasteiger partial charge in [-0.3, -0.25) is 0 Å². The monoisotopic (exact) mass is 219 g/mol. The van der Waals surface area contributed by atoms with Gasteiger partial charge in [0.25, 0.3) is 0 Å². The van der Waals surface area contributed by atoms with Crippen LogP contribution in [0.25, 0.3) is 0 Å². The first kappa shape index (κ1) is 13.2. The third-order valence-electron chi connectivity index (χ3n) is 3.27. The van der Waals surface area contributed by atoms with Gasteiger partial charge in [-0.1, -0.05) is 52.8 Å². The molecule has 0 aliphatic heterocycles. The van der Waals surface area contributed by atoms with E-state index in [1.807, 2.05) is 0 Å². The summed E-state index contributed by atoms with van der Waals surface area (Å²) in [5, 5.41) is 0. The van der Waals surface area contributed by atoms with Crippen molar-refractivity contribution >= 4 is 0 Å². The molecule has 0 aliphatic rings. The van der Waals surface area contributed by atoms with Gasteiger partial charge in [-0.2, -0.15) is 0 Å². The largest absolute Gasteiger partial charge is 0.324 e. The molecule has 0 bridgehead atoms. The summed E-state index contributed by atoms with van der Waals surface area (Å²) in [5.74, 6) is 0. The molecule has 16 heavy (non-hydrogen) atoms. The van der Waals surface area contributed by atoms with Gasteiger partial charge in [0, 0.05) is 6.04 Å². The van der Waals surface area contributed by atoms with Crippen molar-refractivity contribution in [2.45, 2.75) is 53.5 Å². The Morgan fingerprint density at radius 2 is 1.75 bits per heavy atom. The van der Waals surface area contributed by atoms with Gasteiger partial charge < -0.3 is 5.73 Å². The zero-order valence-electron chi connectivity index (χ0n) is 11.3. The molecule has 0 heterocycles. The zero-order chi connectivity index (χ0) is 12.3. The molecule has 0 saturated heterocycles. The number of aryl methyl sites for hydroxylation is 2. The van der Waals surface area contributed by atoms with Crippen molar-refractivity contribution in [1.29, 1.82) is 0 Å². The third-order valence-corrected chi connectivity index (χ3v) is 3.27. The van der Waals surface area contributed by atoms with E-state index in [1.54, 1.807) is 0 Å². The Bertz CT molecular complexity index is 347. The second kappa shape index (κ2) is 5.01. The Kier molecular flexibility index (Phi) is 4.15. The van der Waals surface area contributed by atoms with Gasteiger partial charge in [-0.15, -0.1) is 0 Å². The van der Waals surface area contributed by atoms with Gasteiger partial charge in [0.05, 0.1) is 0 Å². The fraction of sp³-hybridized carbons (Fsp3) is 0.600. The molecule has 1 heteroatoms. The van der Waals surface area contributed by atoms with E-state index in [0.717, 1.165) is 12.8 Å². The molecule has 1 nitrogen and oxygen atoms in total. The lowest BCUT2D eigenvalue weighted by atomic mass is 9.80. The maximum atomic E-state index is 6.37. The van der Waals surface area contributed by atoms with Crippen molar-refractivity contribution in [1.82, 2.24) is 0 Å². The van der Waals surface area contributed by atoms with E-state index in [4.69, 9.17) is 5.73 Å². The second-order valence-electron chi connectivity index (χ2n) is 5.58.